The predicted octanol–water partition coefficient (Wildman–Crippen LogP) is 0.987. The van der Waals surface area contributed by atoms with Crippen LogP contribution in [0.5, 0.6) is 0 Å². The minimum Gasteiger partial charge on any atom is -0.479 e. The van der Waals surface area contributed by atoms with Gasteiger partial charge < -0.3 is 20.1 Å². The summed E-state index contributed by atoms with van der Waals surface area (Å²) in [4.78, 5) is 34.2. The van der Waals surface area contributed by atoms with Crippen molar-refractivity contribution in [2.75, 3.05) is 20.2 Å². The SMILES string of the molecule is CCOC(=O)CCN(C)C(=O)NC(C)(C(=O)O)C(F)(F)F. The zero-order valence-corrected chi connectivity index (χ0v) is 11.8. The van der Waals surface area contributed by atoms with Crippen molar-refractivity contribution in [3.63, 3.8) is 0 Å². The lowest BCUT2D eigenvalue weighted by molar-refractivity contribution is -0.203. The summed E-state index contributed by atoms with van der Waals surface area (Å²) < 4.78 is 42.7. The van der Waals surface area contributed by atoms with E-state index < -0.39 is 29.7 Å². The predicted molar refractivity (Wildman–Crippen MR) is 64.5 cm³/mol. The molecule has 0 aliphatic heterocycles. The Bertz CT molecular complexity index is 413. The maximum Gasteiger partial charge on any atom is 0.422 e. The van der Waals surface area contributed by atoms with Crippen LogP contribution in [-0.4, -0.2) is 59.9 Å². The van der Waals surface area contributed by atoms with Crippen LogP contribution >= 0.6 is 0 Å². The van der Waals surface area contributed by atoms with E-state index >= 15 is 0 Å². The van der Waals surface area contributed by atoms with Crippen molar-refractivity contribution in [2.24, 2.45) is 0 Å². The Morgan fingerprint density at radius 1 is 1.29 bits per heavy atom. The van der Waals surface area contributed by atoms with Gasteiger partial charge in [0.2, 0.25) is 5.54 Å². The molecule has 1 unspecified atom stereocenters. The van der Waals surface area contributed by atoms with Gasteiger partial charge in [0.15, 0.2) is 0 Å². The van der Waals surface area contributed by atoms with Crippen molar-refractivity contribution in [1.82, 2.24) is 10.2 Å². The molecule has 7 nitrogen and oxygen atoms in total. The van der Waals surface area contributed by atoms with Gasteiger partial charge in [0, 0.05) is 13.6 Å². The highest BCUT2D eigenvalue weighted by Gasteiger charge is 2.58. The molecular formula is C11H17F3N2O5. The highest BCUT2D eigenvalue weighted by atomic mass is 19.4. The van der Waals surface area contributed by atoms with E-state index in [0.29, 0.717) is 6.92 Å². The van der Waals surface area contributed by atoms with Crippen LogP contribution in [-0.2, 0) is 14.3 Å². The first kappa shape index (κ1) is 19.0. The number of ether oxygens (including phenoxy) is 1. The van der Waals surface area contributed by atoms with Crippen LogP contribution in [0, 0.1) is 0 Å². The average Bonchev–Trinajstić information content (AvgIpc) is 2.34. The number of hydrogen-bond donors (Lipinski definition) is 2. The summed E-state index contributed by atoms with van der Waals surface area (Å²) in [5.74, 6) is -2.85. The Balaban J connectivity index is 4.72. The lowest BCUT2D eigenvalue weighted by Crippen LogP contribution is -2.63. The first-order chi connectivity index (χ1) is 9.45. The Kier molecular flexibility index (Phi) is 6.46. The van der Waals surface area contributed by atoms with Crippen LogP contribution in [0.15, 0.2) is 0 Å². The minimum absolute atomic E-state index is 0.139. The highest BCUT2D eigenvalue weighted by Crippen LogP contribution is 2.30. The van der Waals surface area contributed by atoms with E-state index in [0.717, 1.165) is 11.9 Å². The quantitative estimate of drug-likeness (QED) is 0.713. The maximum atomic E-state index is 12.7. The molecule has 0 fully saturated rings. The number of carboxylic acid groups (broad SMARTS) is 1. The molecular weight excluding hydrogens is 297 g/mol. The van der Waals surface area contributed by atoms with Gasteiger partial charge in [0.05, 0.1) is 13.0 Å². The standard InChI is InChI=1S/C11H17F3N2O5/c1-4-21-7(17)5-6-16(3)9(20)15-10(2,8(18)19)11(12,13)14/h4-6H2,1-3H3,(H,15,20)(H,18,19). The van der Waals surface area contributed by atoms with Gasteiger partial charge in [-0.25, -0.2) is 9.59 Å². The van der Waals surface area contributed by atoms with Crippen LogP contribution in [0.25, 0.3) is 0 Å². The van der Waals surface area contributed by atoms with Crippen LogP contribution in [0.2, 0.25) is 0 Å². The second kappa shape index (κ2) is 7.14. The molecule has 10 heteroatoms. The Morgan fingerprint density at radius 3 is 2.19 bits per heavy atom. The third kappa shape index (κ3) is 5.12. The number of carboxylic acids is 1. The van der Waals surface area contributed by atoms with Gasteiger partial charge >= 0.3 is 24.1 Å². The van der Waals surface area contributed by atoms with Gasteiger partial charge in [0.1, 0.15) is 0 Å². The van der Waals surface area contributed by atoms with Crippen LogP contribution < -0.4 is 5.32 Å². The molecule has 0 saturated carbocycles. The minimum atomic E-state index is -5.17. The summed E-state index contributed by atoms with van der Waals surface area (Å²) in [5, 5.41) is 10.1. The number of alkyl halides is 3. The molecule has 0 aromatic carbocycles. The molecule has 0 aromatic rings. The third-order valence-electron chi connectivity index (χ3n) is 2.65. The molecule has 0 aliphatic carbocycles. The Hall–Kier alpha value is -2.00. The molecule has 0 aromatic heterocycles. The van der Waals surface area contributed by atoms with Gasteiger partial charge in [-0.1, -0.05) is 0 Å². The number of aliphatic carboxylic acids is 1. The van der Waals surface area contributed by atoms with Crippen molar-refractivity contribution in [3.8, 4) is 0 Å². The summed E-state index contributed by atoms with van der Waals surface area (Å²) in [5.41, 5.74) is -3.41. The fraction of sp³-hybridized carbons (Fsp3) is 0.727. The molecule has 0 saturated heterocycles. The summed E-state index contributed by atoms with van der Waals surface area (Å²) in [7, 11) is 1.13. The zero-order chi connectivity index (χ0) is 16.8. The summed E-state index contributed by atoms with van der Waals surface area (Å²) in [6, 6.07) is -1.26. The summed E-state index contributed by atoms with van der Waals surface area (Å²) in [6.45, 7) is 1.85. The van der Waals surface area contributed by atoms with Gasteiger partial charge in [-0.2, -0.15) is 13.2 Å². The monoisotopic (exact) mass is 314 g/mol. The van der Waals surface area contributed by atoms with Gasteiger partial charge in [-0.15, -0.1) is 0 Å². The van der Waals surface area contributed by atoms with E-state index in [4.69, 9.17) is 5.11 Å². The number of urea groups is 1. The lowest BCUT2D eigenvalue weighted by atomic mass is 10.0. The molecule has 1 atom stereocenters. The fourth-order valence-electron chi connectivity index (χ4n) is 1.15. The topological polar surface area (TPSA) is 95.9 Å². The van der Waals surface area contributed by atoms with E-state index in [1.54, 1.807) is 6.92 Å². The van der Waals surface area contributed by atoms with Gasteiger partial charge in [-0.05, 0) is 13.8 Å². The first-order valence-corrected chi connectivity index (χ1v) is 5.94. The van der Waals surface area contributed by atoms with Crippen molar-refractivity contribution in [2.45, 2.75) is 32.0 Å². The fourth-order valence-corrected chi connectivity index (χ4v) is 1.15. The molecule has 2 N–H and O–H groups in total. The second-order valence-corrected chi connectivity index (χ2v) is 4.33. The average molecular weight is 314 g/mol. The second-order valence-electron chi connectivity index (χ2n) is 4.33. The van der Waals surface area contributed by atoms with Crippen molar-refractivity contribution in [1.29, 1.82) is 0 Å². The normalized spacial score (nSPS) is 14.0. The first-order valence-electron chi connectivity index (χ1n) is 5.94. The van der Waals surface area contributed by atoms with E-state index in [1.807, 2.05) is 0 Å². The molecule has 0 spiro atoms. The van der Waals surface area contributed by atoms with Gasteiger partial charge in [0.25, 0.3) is 0 Å². The molecule has 122 valence electrons. The Morgan fingerprint density at radius 2 is 1.81 bits per heavy atom. The zero-order valence-electron chi connectivity index (χ0n) is 11.8. The number of nitrogens with zero attached hydrogens (tertiary/aromatic N) is 1. The summed E-state index contributed by atoms with van der Waals surface area (Å²) in [6.07, 6.45) is -5.38. The number of rotatable bonds is 6. The molecule has 0 aliphatic rings. The molecule has 0 radical (unpaired) electrons. The van der Waals surface area contributed by atoms with E-state index in [1.165, 1.54) is 5.32 Å². The number of amides is 2. The maximum absolute atomic E-state index is 12.7. The smallest absolute Gasteiger partial charge is 0.422 e. The van der Waals surface area contributed by atoms with Gasteiger partial charge in [-0.3, -0.25) is 4.79 Å². The molecule has 0 heterocycles. The number of hydrogen-bond acceptors (Lipinski definition) is 4. The van der Waals surface area contributed by atoms with Crippen LogP contribution in [0.1, 0.15) is 20.3 Å². The number of carbonyl (C=O) groups is 3. The third-order valence-corrected chi connectivity index (χ3v) is 2.65. The van der Waals surface area contributed by atoms with Crippen LogP contribution in [0.4, 0.5) is 18.0 Å². The van der Waals surface area contributed by atoms with Crippen molar-refractivity contribution >= 4 is 18.0 Å². The molecule has 21 heavy (non-hydrogen) atoms. The number of halogens is 3. The highest BCUT2D eigenvalue weighted by molar-refractivity contribution is 5.86. The Labute approximate surface area is 119 Å². The van der Waals surface area contributed by atoms with E-state index in [2.05, 4.69) is 4.74 Å². The van der Waals surface area contributed by atoms with Crippen molar-refractivity contribution in [3.05, 3.63) is 0 Å². The number of carbonyl (C=O) groups excluding carboxylic acids is 2. The van der Waals surface area contributed by atoms with Crippen molar-refractivity contribution < 1.29 is 37.4 Å². The molecule has 0 rings (SSSR count). The number of esters is 1. The molecule has 2 amide bonds. The van der Waals surface area contributed by atoms with Crippen LogP contribution in [0.3, 0.4) is 0 Å². The number of nitrogens with one attached hydrogen (secondary N) is 1. The van der Waals surface area contributed by atoms with E-state index in [9.17, 15) is 27.6 Å². The largest absolute Gasteiger partial charge is 0.479 e. The van der Waals surface area contributed by atoms with E-state index in [-0.39, 0.29) is 19.6 Å². The lowest BCUT2D eigenvalue weighted by Gasteiger charge is -2.30. The summed E-state index contributed by atoms with van der Waals surface area (Å²) >= 11 is 0. The molecule has 0 bridgehead atoms.